The molecule has 1 saturated heterocycles. The van der Waals surface area contributed by atoms with E-state index in [9.17, 15) is 14.4 Å². The molecule has 3 rings (SSSR count). The van der Waals surface area contributed by atoms with Gasteiger partial charge in [0.2, 0.25) is 11.8 Å². The molecule has 152 valence electrons. The largest absolute Gasteiger partial charge is 0.325 e. The summed E-state index contributed by atoms with van der Waals surface area (Å²) in [5.74, 6) is -0.736. The van der Waals surface area contributed by atoms with Gasteiger partial charge in [-0.05, 0) is 63.1 Å². The Morgan fingerprint density at radius 3 is 2.28 bits per heavy atom. The topological polar surface area (TPSA) is 69.7 Å². The number of amides is 3. The summed E-state index contributed by atoms with van der Waals surface area (Å²) < 4.78 is 0. The zero-order chi connectivity index (χ0) is 21.3. The van der Waals surface area contributed by atoms with Crippen molar-refractivity contribution < 1.29 is 14.4 Å². The molecule has 1 aliphatic heterocycles. The average molecular weight is 393 g/mol. The second kappa shape index (κ2) is 8.17. The van der Waals surface area contributed by atoms with Crippen LogP contribution >= 0.6 is 0 Å². The minimum absolute atomic E-state index is 0.0255. The summed E-state index contributed by atoms with van der Waals surface area (Å²) in [5, 5.41) is 2.90. The quantitative estimate of drug-likeness (QED) is 0.793. The Morgan fingerprint density at radius 2 is 1.62 bits per heavy atom. The number of anilines is 2. The summed E-state index contributed by atoms with van der Waals surface area (Å²) in [6, 6.07) is 10.8. The molecule has 0 unspecified atom stereocenters. The highest BCUT2D eigenvalue weighted by atomic mass is 16.2. The second-order valence-electron chi connectivity index (χ2n) is 7.74. The van der Waals surface area contributed by atoms with E-state index in [-0.39, 0.29) is 30.7 Å². The van der Waals surface area contributed by atoms with Crippen LogP contribution in [0.25, 0.3) is 0 Å². The van der Waals surface area contributed by atoms with E-state index in [0.29, 0.717) is 5.69 Å². The Labute approximate surface area is 171 Å². The van der Waals surface area contributed by atoms with Gasteiger partial charge >= 0.3 is 0 Å². The first-order chi connectivity index (χ1) is 13.7. The van der Waals surface area contributed by atoms with Crippen LogP contribution in [0.5, 0.6) is 0 Å². The van der Waals surface area contributed by atoms with Crippen LogP contribution in [0.2, 0.25) is 0 Å². The number of benzene rings is 2. The van der Waals surface area contributed by atoms with Crippen LogP contribution < -0.4 is 10.2 Å². The van der Waals surface area contributed by atoms with Crippen LogP contribution in [0.15, 0.2) is 36.4 Å². The Hall–Kier alpha value is -2.99. The molecule has 29 heavy (non-hydrogen) atoms. The normalized spacial score (nSPS) is 16.6. The van der Waals surface area contributed by atoms with Crippen molar-refractivity contribution >= 4 is 29.1 Å². The first-order valence-electron chi connectivity index (χ1n) is 9.70. The first-order valence-corrected chi connectivity index (χ1v) is 9.70. The Bertz CT molecular complexity index is 963. The Balaban J connectivity index is 1.72. The van der Waals surface area contributed by atoms with E-state index in [0.717, 1.165) is 27.9 Å². The second-order valence-corrected chi connectivity index (χ2v) is 7.74. The number of hydrogen-bond donors (Lipinski definition) is 1. The van der Waals surface area contributed by atoms with E-state index >= 15 is 0 Å². The van der Waals surface area contributed by atoms with Crippen molar-refractivity contribution in [3.05, 3.63) is 58.7 Å². The van der Waals surface area contributed by atoms with Gasteiger partial charge in [-0.3, -0.25) is 19.3 Å². The molecule has 2 aromatic rings. The number of rotatable bonds is 5. The van der Waals surface area contributed by atoms with Crippen molar-refractivity contribution in [2.75, 3.05) is 23.8 Å². The van der Waals surface area contributed by atoms with Crippen molar-refractivity contribution in [2.24, 2.45) is 0 Å². The molecular formula is C23H27N3O3. The van der Waals surface area contributed by atoms with E-state index in [1.54, 1.807) is 11.9 Å². The minimum atomic E-state index is -0.647. The first kappa shape index (κ1) is 20.7. The Morgan fingerprint density at radius 1 is 1.03 bits per heavy atom. The maximum Gasteiger partial charge on any atom is 0.251 e. The van der Waals surface area contributed by atoms with Crippen molar-refractivity contribution in [3.63, 3.8) is 0 Å². The lowest BCUT2D eigenvalue weighted by Crippen LogP contribution is -2.43. The van der Waals surface area contributed by atoms with Gasteiger partial charge in [0.1, 0.15) is 0 Å². The third kappa shape index (κ3) is 4.07. The molecule has 1 aliphatic rings. The number of nitrogens with one attached hydrogen (secondary N) is 1. The van der Waals surface area contributed by atoms with Crippen molar-refractivity contribution in [2.45, 2.75) is 40.2 Å². The number of para-hydroxylation sites is 1. The number of nitrogens with zero attached hydrogens (tertiary/aromatic N) is 2. The average Bonchev–Trinajstić information content (AvgIpc) is 2.94. The van der Waals surface area contributed by atoms with E-state index in [4.69, 9.17) is 0 Å². The summed E-state index contributed by atoms with van der Waals surface area (Å²) in [6.07, 6.45) is 0.0693. The van der Waals surface area contributed by atoms with Gasteiger partial charge in [-0.2, -0.15) is 0 Å². The highest BCUT2D eigenvalue weighted by Gasteiger charge is 2.42. The Kier molecular flexibility index (Phi) is 5.84. The molecule has 0 bridgehead atoms. The third-order valence-corrected chi connectivity index (χ3v) is 5.59. The molecule has 1 heterocycles. The summed E-state index contributed by atoms with van der Waals surface area (Å²) in [5.41, 5.74) is 5.27. The molecule has 0 radical (unpaired) electrons. The number of hydrogen-bond acceptors (Lipinski definition) is 4. The summed E-state index contributed by atoms with van der Waals surface area (Å²) in [7, 11) is 1.70. The zero-order valence-electron chi connectivity index (χ0n) is 17.6. The van der Waals surface area contributed by atoms with Gasteiger partial charge in [0.05, 0.1) is 24.7 Å². The van der Waals surface area contributed by atoms with E-state index in [2.05, 4.69) is 5.32 Å². The van der Waals surface area contributed by atoms with E-state index in [1.165, 1.54) is 4.90 Å². The summed E-state index contributed by atoms with van der Waals surface area (Å²) in [4.78, 5) is 41.1. The van der Waals surface area contributed by atoms with Crippen molar-refractivity contribution in [1.29, 1.82) is 0 Å². The molecule has 0 spiro atoms. The standard InChI is InChI=1S/C23H27N3O3/c1-14-8-7-11-18(17(14)4)24-20(27)13-25(5)19-12-21(28)26(23(19)29)22-15(2)9-6-10-16(22)3/h6-11,19H,12-13H2,1-5H3,(H,24,27)/t19-/m0/s1. The molecule has 3 amide bonds. The van der Waals surface area contributed by atoms with Crippen molar-refractivity contribution in [1.82, 2.24) is 4.90 Å². The summed E-state index contributed by atoms with van der Waals surface area (Å²) >= 11 is 0. The van der Waals surface area contributed by atoms with Crippen LogP contribution in [0.4, 0.5) is 11.4 Å². The van der Waals surface area contributed by atoms with Crippen molar-refractivity contribution in [3.8, 4) is 0 Å². The summed E-state index contributed by atoms with van der Waals surface area (Å²) in [6.45, 7) is 7.74. The van der Waals surface area contributed by atoms with Crippen LogP contribution in [0.3, 0.4) is 0 Å². The maximum atomic E-state index is 13.0. The molecule has 6 nitrogen and oxygen atoms in total. The van der Waals surface area contributed by atoms with Gasteiger partial charge in [0.25, 0.3) is 5.91 Å². The minimum Gasteiger partial charge on any atom is -0.325 e. The van der Waals surface area contributed by atoms with Gasteiger partial charge in [0.15, 0.2) is 0 Å². The predicted octanol–water partition coefficient (Wildman–Crippen LogP) is 3.12. The molecule has 0 aliphatic carbocycles. The van der Waals surface area contributed by atoms with E-state index in [1.807, 2.05) is 64.1 Å². The van der Waals surface area contributed by atoms with Crippen LogP contribution in [0.1, 0.15) is 28.7 Å². The fourth-order valence-corrected chi connectivity index (χ4v) is 3.77. The van der Waals surface area contributed by atoms with Crippen LogP contribution in [-0.2, 0) is 14.4 Å². The lowest BCUT2D eigenvalue weighted by molar-refractivity contribution is -0.123. The number of carbonyl (C=O) groups excluding carboxylic acids is 3. The molecule has 2 aromatic carbocycles. The monoisotopic (exact) mass is 393 g/mol. The molecule has 0 aromatic heterocycles. The van der Waals surface area contributed by atoms with E-state index < -0.39 is 6.04 Å². The molecule has 1 N–H and O–H groups in total. The van der Waals surface area contributed by atoms with Crippen LogP contribution in [-0.4, -0.2) is 42.3 Å². The molecular weight excluding hydrogens is 366 g/mol. The van der Waals surface area contributed by atoms with Gasteiger partial charge in [0, 0.05) is 5.69 Å². The molecule has 6 heteroatoms. The maximum absolute atomic E-state index is 13.0. The lowest BCUT2D eigenvalue weighted by Gasteiger charge is -2.24. The molecule has 0 saturated carbocycles. The lowest BCUT2D eigenvalue weighted by atomic mass is 10.1. The number of likely N-dealkylation sites (N-methyl/N-ethyl adjacent to an activating group) is 1. The fraction of sp³-hybridized carbons (Fsp3) is 0.348. The molecule has 1 atom stereocenters. The fourth-order valence-electron chi connectivity index (χ4n) is 3.77. The molecule has 1 fully saturated rings. The van der Waals surface area contributed by atoms with Gasteiger partial charge < -0.3 is 5.32 Å². The SMILES string of the molecule is Cc1cccc(NC(=O)CN(C)[C@H]2CC(=O)N(c3c(C)cccc3C)C2=O)c1C. The number of carbonyl (C=O) groups is 3. The number of aryl methyl sites for hydroxylation is 3. The highest BCUT2D eigenvalue weighted by Crippen LogP contribution is 2.30. The number of imide groups is 1. The van der Waals surface area contributed by atoms with Crippen LogP contribution in [0, 0.1) is 27.7 Å². The third-order valence-electron chi connectivity index (χ3n) is 5.59. The highest BCUT2D eigenvalue weighted by molar-refractivity contribution is 6.23. The van der Waals surface area contributed by atoms with Gasteiger partial charge in [-0.1, -0.05) is 30.3 Å². The smallest absolute Gasteiger partial charge is 0.251 e. The van der Waals surface area contributed by atoms with Gasteiger partial charge in [-0.15, -0.1) is 0 Å². The zero-order valence-corrected chi connectivity index (χ0v) is 17.6. The van der Waals surface area contributed by atoms with Gasteiger partial charge in [-0.25, -0.2) is 4.90 Å². The predicted molar refractivity (Wildman–Crippen MR) is 114 cm³/mol.